The number of hydrogen-bond donors (Lipinski definition) is 1. The van der Waals surface area contributed by atoms with Crippen molar-refractivity contribution >= 4 is 27.5 Å². The lowest BCUT2D eigenvalue weighted by Gasteiger charge is -2.34. The molecule has 0 saturated heterocycles. The molecule has 1 N–H and O–H groups in total. The van der Waals surface area contributed by atoms with Crippen molar-refractivity contribution in [2.24, 2.45) is 0 Å². The van der Waals surface area contributed by atoms with Crippen LogP contribution in [-0.4, -0.2) is 43.8 Å². The minimum Gasteiger partial charge on any atom is -0.352 e. The summed E-state index contributed by atoms with van der Waals surface area (Å²) in [5.74, 6) is -0.347. The predicted molar refractivity (Wildman–Crippen MR) is 172 cm³/mol. The van der Waals surface area contributed by atoms with Crippen molar-refractivity contribution in [3.8, 4) is 0 Å². The fourth-order valence-corrected chi connectivity index (χ4v) is 7.06. The molecule has 1 unspecified atom stereocenters. The van der Waals surface area contributed by atoms with Gasteiger partial charge in [0.1, 0.15) is 12.6 Å². The molecule has 1 fully saturated rings. The molecular formula is C35H45N3O4S. The molecule has 43 heavy (non-hydrogen) atoms. The van der Waals surface area contributed by atoms with Gasteiger partial charge in [0.05, 0.1) is 10.6 Å². The van der Waals surface area contributed by atoms with Crippen LogP contribution >= 0.6 is 0 Å². The molecule has 1 saturated carbocycles. The van der Waals surface area contributed by atoms with Gasteiger partial charge in [0.25, 0.3) is 10.0 Å². The molecular weight excluding hydrogens is 558 g/mol. The number of amides is 2. The van der Waals surface area contributed by atoms with Crippen LogP contribution in [0, 0.1) is 6.92 Å². The molecule has 0 spiro atoms. The SMILES string of the molecule is CCC(C(=O)NC1CCCCC1)N(Cc1ccc(C)cc1)C(=O)CN(c1ccc(C(C)C)cc1)S(=O)(=O)c1ccccc1. The molecule has 7 nitrogen and oxygen atoms in total. The highest BCUT2D eigenvalue weighted by Gasteiger charge is 2.34. The smallest absolute Gasteiger partial charge is 0.264 e. The normalized spacial score (nSPS) is 14.7. The van der Waals surface area contributed by atoms with E-state index in [2.05, 4.69) is 19.2 Å². The standard InChI is InChI=1S/C35H45N3O4S/c1-5-33(35(40)36-30-12-8-6-9-13-30)37(24-28-18-16-27(4)17-19-28)34(39)25-38(31-22-20-29(21-23-31)26(2)3)43(41,42)32-14-10-7-11-15-32/h7,10-11,14-23,26,30,33H,5-6,8-9,12-13,24-25H2,1-4H3,(H,36,40). The van der Waals surface area contributed by atoms with Crippen LogP contribution in [0.1, 0.15) is 81.9 Å². The first-order chi connectivity index (χ1) is 20.6. The second kappa shape index (κ2) is 14.7. The summed E-state index contributed by atoms with van der Waals surface area (Å²) < 4.78 is 29.2. The Balaban J connectivity index is 1.70. The van der Waals surface area contributed by atoms with Gasteiger partial charge < -0.3 is 10.2 Å². The zero-order chi connectivity index (χ0) is 31.0. The fraction of sp³-hybridized carbons (Fsp3) is 0.429. The first kappa shape index (κ1) is 32.3. The van der Waals surface area contributed by atoms with E-state index in [0.717, 1.165) is 42.4 Å². The number of hydrogen-bond acceptors (Lipinski definition) is 4. The largest absolute Gasteiger partial charge is 0.352 e. The number of nitrogens with zero attached hydrogens (tertiary/aromatic N) is 2. The van der Waals surface area contributed by atoms with Crippen LogP contribution in [0.4, 0.5) is 5.69 Å². The van der Waals surface area contributed by atoms with Crippen LogP contribution in [0.15, 0.2) is 83.8 Å². The predicted octanol–water partition coefficient (Wildman–Crippen LogP) is 6.57. The summed E-state index contributed by atoms with van der Waals surface area (Å²) in [6.07, 6.45) is 5.61. The van der Waals surface area contributed by atoms with Crippen LogP contribution < -0.4 is 9.62 Å². The van der Waals surface area contributed by atoms with Crippen molar-refractivity contribution in [3.05, 3.63) is 95.6 Å². The molecule has 1 aliphatic rings. The van der Waals surface area contributed by atoms with Crippen LogP contribution in [-0.2, 0) is 26.2 Å². The van der Waals surface area contributed by atoms with E-state index in [0.29, 0.717) is 12.1 Å². The molecule has 4 rings (SSSR count). The Morgan fingerprint density at radius 1 is 0.884 bits per heavy atom. The number of benzene rings is 3. The first-order valence-electron chi connectivity index (χ1n) is 15.4. The van der Waals surface area contributed by atoms with Crippen LogP contribution in [0.3, 0.4) is 0 Å². The van der Waals surface area contributed by atoms with Gasteiger partial charge in [-0.2, -0.15) is 0 Å². The van der Waals surface area contributed by atoms with E-state index >= 15 is 0 Å². The minimum absolute atomic E-state index is 0.0982. The van der Waals surface area contributed by atoms with Gasteiger partial charge in [0.15, 0.2) is 0 Å². The number of rotatable bonds is 12. The zero-order valence-corrected chi connectivity index (χ0v) is 26.6. The highest BCUT2D eigenvalue weighted by Crippen LogP contribution is 2.27. The van der Waals surface area contributed by atoms with E-state index < -0.39 is 28.5 Å². The van der Waals surface area contributed by atoms with Gasteiger partial charge in [-0.05, 0) is 67.5 Å². The molecule has 1 aliphatic carbocycles. The van der Waals surface area contributed by atoms with Gasteiger partial charge in [0.2, 0.25) is 11.8 Å². The van der Waals surface area contributed by atoms with Crippen molar-refractivity contribution in [2.75, 3.05) is 10.8 Å². The van der Waals surface area contributed by atoms with Gasteiger partial charge in [-0.15, -0.1) is 0 Å². The summed E-state index contributed by atoms with van der Waals surface area (Å²) in [6, 6.07) is 22.7. The summed E-state index contributed by atoms with van der Waals surface area (Å²) in [4.78, 5) is 29.6. The molecule has 0 aliphatic heterocycles. The minimum atomic E-state index is -4.08. The van der Waals surface area contributed by atoms with E-state index in [1.54, 1.807) is 35.2 Å². The molecule has 1 atom stereocenters. The first-order valence-corrected chi connectivity index (χ1v) is 16.9. The van der Waals surface area contributed by atoms with Gasteiger partial charge in [-0.25, -0.2) is 8.42 Å². The van der Waals surface area contributed by atoms with E-state index in [-0.39, 0.29) is 29.3 Å². The fourth-order valence-electron chi connectivity index (χ4n) is 5.63. The molecule has 3 aromatic rings. The van der Waals surface area contributed by atoms with Gasteiger partial charge in [-0.3, -0.25) is 13.9 Å². The maximum Gasteiger partial charge on any atom is 0.264 e. The lowest BCUT2D eigenvalue weighted by atomic mass is 9.95. The van der Waals surface area contributed by atoms with E-state index in [1.807, 2.05) is 50.2 Å². The average molecular weight is 604 g/mol. The van der Waals surface area contributed by atoms with Crippen molar-refractivity contribution < 1.29 is 18.0 Å². The van der Waals surface area contributed by atoms with Crippen molar-refractivity contribution in [1.82, 2.24) is 10.2 Å². The Morgan fingerprint density at radius 3 is 2.09 bits per heavy atom. The maximum absolute atomic E-state index is 14.3. The van der Waals surface area contributed by atoms with Gasteiger partial charge in [-0.1, -0.05) is 100 Å². The molecule has 0 aromatic heterocycles. The number of nitrogens with one attached hydrogen (secondary N) is 1. The quantitative estimate of drug-likeness (QED) is 0.254. The third-order valence-electron chi connectivity index (χ3n) is 8.27. The lowest BCUT2D eigenvalue weighted by Crippen LogP contribution is -2.54. The molecule has 8 heteroatoms. The number of sulfonamides is 1. The molecule has 0 heterocycles. The number of carbonyl (C=O) groups is 2. The second-order valence-electron chi connectivity index (χ2n) is 11.8. The second-order valence-corrected chi connectivity index (χ2v) is 13.7. The third-order valence-corrected chi connectivity index (χ3v) is 10.1. The maximum atomic E-state index is 14.3. The van der Waals surface area contributed by atoms with Crippen LogP contribution in [0.2, 0.25) is 0 Å². The van der Waals surface area contributed by atoms with Crippen molar-refractivity contribution in [1.29, 1.82) is 0 Å². The Kier molecular flexibility index (Phi) is 11.0. The lowest BCUT2D eigenvalue weighted by molar-refractivity contribution is -0.140. The number of anilines is 1. The monoisotopic (exact) mass is 603 g/mol. The van der Waals surface area contributed by atoms with Gasteiger partial charge in [0, 0.05) is 12.6 Å². The Morgan fingerprint density at radius 2 is 1.51 bits per heavy atom. The zero-order valence-electron chi connectivity index (χ0n) is 25.8. The van der Waals surface area contributed by atoms with E-state index in [1.165, 1.54) is 22.9 Å². The molecule has 230 valence electrons. The average Bonchev–Trinajstić information content (AvgIpc) is 3.01. The highest BCUT2D eigenvalue weighted by atomic mass is 32.2. The number of aryl methyl sites for hydroxylation is 1. The molecule has 0 bridgehead atoms. The van der Waals surface area contributed by atoms with Crippen molar-refractivity contribution in [2.45, 2.75) is 95.7 Å². The molecule has 0 radical (unpaired) electrons. The third kappa shape index (κ3) is 8.25. The van der Waals surface area contributed by atoms with E-state index in [9.17, 15) is 18.0 Å². The summed E-state index contributed by atoms with van der Waals surface area (Å²) >= 11 is 0. The van der Waals surface area contributed by atoms with Crippen LogP contribution in [0.25, 0.3) is 0 Å². The Bertz CT molecular complexity index is 1450. The summed E-state index contributed by atoms with van der Waals surface area (Å²) in [7, 11) is -4.08. The van der Waals surface area contributed by atoms with Crippen molar-refractivity contribution in [3.63, 3.8) is 0 Å². The van der Waals surface area contributed by atoms with Crippen LogP contribution in [0.5, 0.6) is 0 Å². The van der Waals surface area contributed by atoms with E-state index in [4.69, 9.17) is 0 Å². The topological polar surface area (TPSA) is 86.8 Å². The summed E-state index contributed by atoms with van der Waals surface area (Å²) in [6.45, 7) is 7.80. The highest BCUT2D eigenvalue weighted by molar-refractivity contribution is 7.92. The Hall–Kier alpha value is -3.65. The summed E-state index contributed by atoms with van der Waals surface area (Å²) in [5.41, 5.74) is 3.44. The summed E-state index contributed by atoms with van der Waals surface area (Å²) in [5, 5.41) is 3.19. The molecule has 3 aromatic carbocycles. The molecule has 2 amide bonds. The van der Waals surface area contributed by atoms with Gasteiger partial charge >= 0.3 is 0 Å². The number of carbonyl (C=O) groups excluding carboxylic acids is 2. The Labute approximate surface area is 257 Å².